The molecule has 0 aliphatic heterocycles. The van der Waals surface area contributed by atoms with Gasteiger partial charge in [0.05, 0.1) is 0 Å². The summed E-state index contributed by atoms with van der Waals surface area (Å²) >= 11 is 0. The van der Waals surface area contributed by atoms with E-state index in [4.69, 9.17) is 0 Å². The fourth-order valence-corrected chi connectivity index (χ4v) is 1.44. The minimum atomic E-state index is 1.10. The van der Waals surface area contributed by atoms with E-state index in [-0.39, 0.29) is 0 Å². The molecule has 0 spiro atoms. The minimum Gasteiger partial charge on any atom is -0.361 e. The molecule has 14 heavy (non-hydrogen) atoms. The monoisotopic (exact) mass is 189 g/mol. The smallest absolute Gasteiger partial charge is 0.0486 e. The molecule has 76 valence electrons. The summed E-state index contributed by atoms with van der Waals surface area (Å²) in [7, 11) is 0. The first-order chi connectivity index (χ1) is 6.83. The fraction of sp³-hybridized carbons (Fsp3) is 0.385. The highest BCUT2D eigenvalue weighted by Crippen LogP contribution is 2.16. The van der Waals surface area contributed by atoms with Gasteiger partial charge in [-0.1, -0.05) is 45.4 Å². The maximum atomic E-state index is 3.24. The maximum absolute atomic E-state index is 3.24. The first-order valence-electron chi connectivity index (χ1n) is 5.38. The number of rotatable bonds is 1. The third kappa shape index (κ3) is 2.38. The summed E-state index contributed by atoms with van der Waals surface area (Å²) in [5, 5.41) is 1.31. The molecule has 1 aromatic heterocycles. The Morgan fingerprint density at radius 2 is 1.79 bits per heavy atom. The van der Waals surface area contributed by atoms with E-state index in [1.54, 1.807) is 0 Å². The van der Waals surface area contributed by atoms with E-state index >= 15 is 0 Å². The molecule has 1 heteroatoms. The van der Waals surface area contributed by atoms with Gasteiger partial charge in [0.1, 0.15) is 0 Å². The van der Waals surface area contributed by atoms with Gasteiger partial charge < -0.3 is 4.98 Å². The Morgan fingerprint density at radius 1 is 1.07 bits per heavy atom. The van der Waals surface area contributed by atoms with Crippen LogP contribution in [0.3, 0.4) is 0 Å². The van der Waals surface area contributed by atoms with Gasteiger partial charge in [-0.15, -0.1) is 0 Å². The van der Waals surface area contributed by atoms with Crippen LogP contribution in [0.25, 0.3) is 10.9 Å². The van der Waals surface area contributed by atoms with Crippen LogP contribution in [0.4, 0.5) is 0 Å². The largest absolute Gasteiger partial charge is 0.361 e. The number of benzene rings is 1. The maximum Gasteiger partial charge on any atom is 0.0486 e. The highest BCUT2D eigenvalue weighted by atomic mass is 14.7. The van der Waals surface area contributed by atoms with Crippen LogP contribution in [0.5, 0.6) is 0 Å². The molecule has 0 saturated heterocycles. The molecule has 1 N–H and O–H groups in total. The molecule has 0 unspecified atom stereocenters. The van der Waals surface area contributed by atoms with Crippen molar-refractivity contribution in [2.45, 2.75) is 33.6 Å². The van der Waals surface area contributed by atoms with E-state index < -0.39 is 0 Å². The summed E-state index contributed by atoms with van der Waals surface area (Å²) in [6, 6.07) is 8.51. The van der Waals surface area contributed by atoms with Crippen LogP contribution in [0, 0.1) is 0 Å². The predicted octanol–water partition coefficient (Wildman–Crippen LogP) is 4.15. The summed E-state index contributed by atoms with van der Waals surface area (Å²) in [6.45, 7) is 6.43. The lowest BCUT2D eigenvalue weighted by Crippen LogP contribution is -1.80. The van der Waals surface area contributed by atoms with Gasteiger partial charge in [0, 0.05) is 11.7 Å². The van der Waals surface area contributed by atoms with Crippen LogP contribution in [-0.4, -0.2) is 4.98 Å². The van der Waals surface area contributed by atoms with Crippen molar-refractivity contribution >= 4 is 10.9 Å². The quantitative estimate of drug-likeness (QED) is 0.693. The zero-order valence-corrected chi connectivity index (χ0v) is 9.30. The summed E-state index contributed by atoms with van der Waals surface area (Å²) in [6.07, 6.45) is 4.34. The summed E-state index contributed by atoms with van der Waals surface area (Å²) in [4.78, 5) is 3.24. The molecule has 0 amide bonds. The molecule has 0 atom stereocenters. The molecule has 1 nitrogen and oxygen atoms in total. The number of hydrogen-bond acceptors (Lipinski definition) is 0. The van der Waals surface area contributed by atoms with Crippen molar-refractivity contribution < 1.29 is 0 Å². The van der Waals surface area contributed by atoms with Gasteiger partial charge in [0.2, 0.25) is 0 Å². The lowest BCUT2D eigenvalue weighted by atomic mass is 10.1. The number of H-pyrrole nitrogens is 1. The van der Waals surface area contributed by atoms with E-state index in [0.717, 1.165) is 6.42 Å². The van der Waals surface area contributed by atoms with E-state index in [2.05, 4.69) is 50.0 Å². The zero-order valence-electron chi connectivity index (χ0n) is 9.30. The van der Waals surface area contributed by atoms with Gasteiger partial charge in [-0.25, -0.2) is 0 Å². The van der Waals surface area contributed by atoms with Gasteiger partial charge in [0.15, 0.2) is 0 Å². The third-order valence-corrected chi connectivity index (χ3v) is 2.05. The van der Waals surface area contributed by atoms with E-state index in [9.17, 15) is 0 Å². The number of aryl methyl sites for hydroxylation is 1. The second-order valence-electron chi connectivity index (χ2n) is 3.42. The van der Waals surface area contributed by atoms with Gasteiger partial charge in [-0.2, -0.15) is 0 Å². The Kier molecular flexibility index (Phi) is 4.24. The molecule has 0 saturated carbocycles. The first-order valence-corrected chi connectivity index (χ1v) is 5.38. The van der Waals surface area contributed by atoms with E-state index in [0.29, 0.717) is 0 Å². The van der Waals surface area contributed by atoms with Crippen molar-refractivity contribution in [3.63, 3.8) is 0 Å². The summed E-state index contributed by atoms with van der Waals surface area (Å²) in [5.74, 6) is 0. The summed E-state index contributed by atoms with van der Waals surface area (Å²) in [5.41, 5.74) is 2.68. The molecule has 0 radical (unpaired) electrons. The van der Waals surface area contributed by atoms with E-state index in [1.807, 2.05) is 6.20 Å². The van der Waals surface area contributed by atoms with Gasteiger partial charge in [-0.05, 0) is 23.4 Å². The van der Waals surface area contributed by atoms with Crippen molar-refractivity contribution in [2.24, 2.45) is 0 Å². The highest BCUT2D eigenvalue weighted by molar-refractivity contribution is 5.82. The molecular formula is C13H19N. The number of para-hydroxylation sites is 1. The molecule has 0 fully saturated rings. The normalized spacial score (nSPS) is 9.64. The van der Waals surface area contributed by atoms with Crippen LogP contribution >= 0.6 is 0 Å². The Bertz CT molecular complexity index is 373. The number of hydrogen-bond donors (Lipinski definition) is 1. The lowest BCUT2D eigenvalue weighted by Gasteiger charge is -1.97. The SMILES string of the molecule is CCC.CCc1cccc2cc[nH]c12. The number of aromatic nitrogens is 1. The zero-order chi connectivity index (χ0) is 10.4. The minimum absolute atomic E-state index is 1.10. The average molecular weight is 189 g/mol. The first kappa shape index (κ1) is 10.8. The van der Waals surface area contributed by atoms with Crippen LogP contribution in [0.1, 0.15) is 32.8 Å². The van der Waals surface area contributed by atoms with Crippen molar-refractivity contribution in [3.8, 4) is 0 Å². The van der Waals surface area contributed by atoms with Crippen LogP contribution in [0.2, 0.25) is 0 Å². The highest BCUT2D eigenvalue weighted by Gasteiger charge is 1.97. The molecule has 2 aromatic rings. The van der Waals surface area contributed by atoms with Crippen LogP contribution in [-0.2, 0) is 6.42 Å². The Labute approximate surface area is 86.2 Å². The van der Waals surface area contributed by atoms with Crippen LogP contribution < -0.4 is 0 Å². The Morgan fingerprint density at radius 3 is 2.43 bits per heavy atom. The molecule has 0 bridgehead atoms. The predicted molar refractivity (Wildman–Crippen MR) is 63.6 cm³/mol. The van der Waals surface area contributed by atoms with Gasteiger partial charge >= 0.3 is 0 Å². The number of aromatic amines is 1. The van der Waals surface area contributed by atoms with Crippen molar-refractivity contribution in [1.82, 2.24) is 4.98 Å². The molecule has 1 aromatic carbocycles. The van der Waals surface area contributed by atoms with Gasteiger partial charge in [0.25, 0.3) is 0 Å². The molecular weight excluding hydrogens is 170 g/mol. The third-order valence-electron chi connectivity index (χ3n) is 2.05. The number of nitrogens with one attached hydrogen (secondary N) is 1. The summed E-state index contributed by atoms with van der Waals surface area (Å²) < 4.78 is 0. The number of fused-ring (bicyclic) bond motifs is 1. The topological polar surface area (TPSA) is 15.8 Å². The molecule has 2 rings (SSSR count). The molecule has 0 aliphatic rings. The van der Waals surface area contributed by atoms with Gasteiger partial charge in [-0.3, -0.25) is 0 Å². The standard InChI is InChI=1S/C10H11N.C3H8/c1-2-8-4-3-5-9-6-7-11-10(8)9;1-3-2/h3-7,11H,2H2,1H3;3H2,1-2H3. The Balaban J connectivity index is 0.000000293. The second kappa shape index (κ2) is 5.48. The van der Waals surface area contributed by atoms with Crippen LogP contribution in [0.15, 0.2) is 30.5 Å². The molecule has 0 aliphatic carbocycles. The average Bonchev–Trinajstić information content (AvgIpc) is 2.66. The molecule has 1 heterocycles. The van der Waals surface area contributed by atoms with Crippen molar-refractivity contribution in [1.29, 1.82) is 0 Å². The fourth-order valence-electron chi connectivity index (χ4n) is 1.44. The second-order valence-corrected chi connectivity index (χ2v) is 3.42. The lowest BCUT2D eigenvalue weighted by molar-refractivity contribution is 1.09. The van der Waals surface area contributed by atoms with E-state index in [1.165, 1.54) is 22.9 Å². The Hall–Kier alpha value is -1.24. The van der Waals surface area contributed by atoms with Crippen molar-refractivity contribution in [2.75, 3.05) is 0 Å². The van der Waals surface area contributed by atoms with Crippen molar-refractivity contribution in [3.05, 3.63) is 36.0 Å².